The van der Waals surface area contributed by atoms with Gasteiger partial charge in [-0.25, -0.2) is 4.79 Å². The number of hydrogen-bond acceptors (Lipinski definition) is 4. The van der Waals surface area contributed by atoms with Gasteiger partial charge in [0.1, 0.15) is 15.0 Å². The molecule has 1 aromatic heterocycles. The summed E-state index contributed by atoms with van der Waals surface area (Å²) in [6.45, 7) is 0. The van der Waals surface area contributed by atoms with E-state index in [2.05, 4.69) is 0 Å². The van der Waals surface area contributed by atoms with Crippen molar-refractivity contribution in [1.82, 2.24) is 0 Å². The van der Waals surface area contributed by atoms with Gasteiger partial charge in [-0.3, -0.25) is 0 Å². The van der Waals surface area contributed by atoms with Crippen molar-refractivity contribution in [1.29, 1.82) is 0 Å². The fraction of sp³-hybridized carbons (Fsp3) is 0.545. The topological polar surface area (TPSA) is 66.8 Å². The van der Waals surface area contributed by atoms with Crippen molar-refractivity contribution in [3.63, 3.8) is 0 Å². The maximum absolute atomic E-state index is 10.8. The van der Waals surface area contributed by atoms with Crippen LogP contribution in [0.2, 0.25) is 4.34 Å². The number of hydrogen-bond donors (Lipinski definition) is 2. The molecule has 4 nitrogen and oxygen atoms in total. The van der Waals surface area contributed by atoms with E-state index in [0.29, 0.717) is 10.1 Å². The predicted octanol–water partition coefficient (Wildman–Crippen LogP) is 2.78. The van der Waals surface area contributed by atoms with Crippen molar-refractivity contribution in [3.05, 3.63) is 15.3 Å². The summed E-state index contributed by atoms with van der Waals surface area (Å²) >= 11 is 6.92. The molecule has 0 spiro atoms. The Morgan fingerprint density at radius 3 is 2.59 bits per heavy atom. The largest absolute Gasteiger partial charge is 0.488 e. The van der Waals surface area contributed by atoms with E-state index >= 15 is 0 Å². The maximum Gasteiger partial charge on any atom is 0.346 e. The van der Waals surface area contributed by atoms with Crippen LogP contribution in [0.4, 0.5) is 0 Å². The van der Waals surface area contributed by atoms with Crippen molar-refractivity contribution in [3.8, 4) is 5.75 Å². The summed E-state index contributed by atoms with van der Waals surface area (Å²) in [4.78, 5) is 10.9. The van der Waals surface area contributed by atoms with Crippen molar-refractivity contribution >= 4 is 28.9 Å². The number of carbonyl (C=O) groups is 1. The van der Waals surface area contributed by atoms with Crippen molar-refractivity contribution in [2.24, 2.45) is 0 Å². The first kappa shape index (κ1) is 12.7. The summed E-state index contributed by atoms with van der Waals surface area (Å²) in [7, 11) is 0. The molecule has 1 heterocycles. The number of thiophene rings is 1. The third-order valence-corrected chi connectivity index (χ3v) is 4.11. The third-order valence-electron chi connectivity index (χ3n) is 2.80. The quantitative estimate of drug-likeness (QED) is 0.891. The highest BCUT2D eigenvalue weighted by Gasteiger charge is 2.23. The highest BCUT2D eigenvalue weighted by molar-refractivity contribution is 7.18. The van der Waals surface area contributed by atoms with Gasteiger partial charge in [0.05, 0.1) is 12.2 Å². The Bertz CT molecular complexity index is 410. The molecule has 0 amide bonds. The minimum atomic E-state index is -0.995. The van der Waals surface area contributed by atoms with E-state index in [1.54, 1.807) is 0 Å². The summed E-state index contributed by atoms with van der Waals surface area (Å²) < 4.78 is 6.04. The van der Waals surface area contributed by atoms with E-state index in [9.17, 15) is 9.90 Å². The van der Waals surface area contributed by atoms with E-state index in [-0.39, 0.29) is 17.1 Å². The van der Waals surface area contributed by atoms with Gasteiger partial charge in [0.2, 0.25) is 0 Å². The average molecular weight is 277 g/mol. The van der Waals surface area contributed by atoms with Gasteiger partial charge in [-0.15, -0.1) is 11.3 Å². The van der Waals surface area contributed by atoms with Crippen LogP contribution in [-0.2, 0) is 0 Å². The zero-order chi connectivity index (χ0) is 12.4. The number of rotatable bonds is 3. The van der Waals surface area contributed by atoms with Crippen LogP contribution >= 0.6 is 22.9 Å². The van der Waals surface area contributed by atoms with Gasteiger partial charge in [-0.2, -0.15) is 0 Å². The lowest BCUT2D eigenvalue weighted by Gasteiger charge is -2.25. The number of carboxylic acid groups (broad SMARTS) is 1. The van der Waals surface area contributed by atoms with Gasteiger partial charge in [-0.1, -0.05) is 11.6 Å². The molecular formula is C11H13ClO4S. The first-order valence-electron chi connectivity index (χ1n) is 5.43. The first-order valence-corrected chi connectivity index (χ1v) is 6.63. The molecule has 1 saturated carbocycles. The first-order chi connectivity index (χ1) is 8.06. The molecule has 6 heteroatoms. The van der Waals surface area contributed by atoms with Gasteiger partial charge in [0, 0.05) is 6.07 Å². The smallest absolute Gasteiger partial charge is 0.346 e. The van der Waals surface area contributed by atoms with Crippen LogP contribution < -0.4 is 4.74 Å². The molecule has 1 fully saturated rings. The van der Waals surface area contributed by atoms with Crippen molar-refractivity contribution < 1.29 is 19.7 Å². The molecule has 0 bridgehead atoms. The normalized spacial score (nSPS) is 24.6. The van der Waals surface area contributed by atoms with E-state index in [4.69, 9.17) is 21.4 Å². The number of aliphatic hydroxyl groups excluding tert-OH is 1. The van der Waals surface area contributed by atoms with Crippen LogP contribution in [-0.4, -0.2) is 28.4 Å². The van der Waals surface area contributed by atoms with Gasteiger partial charge >= 0.3 is 5.97 Å². The molecular weight excluding hydrogens is 264 g/mol. The molecule has 0 saturated heterocycles. The summed E-state index contributed by atoms with van der Waals surface area (Å²) in [6.07, 6.45) is 2.77. The number of aliphatic hydroxyl groups is 1. The zero-order valence-corrected chi connectivity index (χ0v) is 10.6. The van der Waals surface area contributed by atoms with Gasteiger partial charge in [0.25, 0.3) is 0 Å². The Kier molecular flexibility index (Phi) is 3.91. The number of aromatic carboxylic acids is 1. The number of ether oxygens (including phenoxy) is 1. The molecule has 1 aliphatic carbocycles. The minimum Gasteiger partial charge on any atom is -0.488 e. The molecule has 17 heavy (non-hydrogen) atoms. The molecule has 0 aliphatic heterocycles. The fourth-order valence-electron chi connectivity index (χ4n) is 1.88. The lowest BCUT2D eigenvalue weighted by molar-refractivity contribution is 0.0664. The monoisotopic (exact) mass is 276 g/mol. The molecule has 0 aromatic carbocycles. The minimum absolute atomic E-state index is 0.0205. The van der Waals surface area contributed by atoms with Gasteiger partial charge in [0.15, 0.2) is 0 Å². The van der Waals surface area contributed by atoms with Crippen LogP contribution in [0.15, 0.2) is 6.07 Å². The van der Waals surface area contributed by atoms with Crippen molar-refractivity contribution in [2.75, 3.05) is 0 Å². The van der Waals surface area contributed by atoms with Crippen LogP contribution in [0.3, 0.4) is 0 Å². The number of halogens is 1. The summed E-state index contributed by atoms with van der Waals surface area (Å²) in [5.74, 6) is -0.554. The molecule has 94 valence electrons. The van der Waals surface area contributed by atoms with E-state index in [1.165, 1.54) is 6.07 Å². The Morgan fingerprint density at radius 2 is 2.06 bits per heavy atom. The molecule has 2 N–H and O–H groups in total. The SMILES string of the molecule is O=C(O)c1cc(OC2CCC(O)CC2)c(Cl)s1. The van der Waals surface area contributed by atoms with Crippen LogP contribution in [0.5, 0.6) is 5.75 Å². The maximum atomic E-state index is 10.8. The molecule has 2 rings (SSSR count). The molecule has 0 radical (unpaired) electrons. The zero-order valence-electron chi connectivity index (χ0n) is 9.06. The van der Waals surface area contributed by atoms with Gasteiger partial charge in [-0.05, 0) is 25.7 Å². The third kappa shape index (κ3) is 3.12. The second kappa shape index (κ2) is 5.25. The Hall–Kier alpha value is -0.780. The van der Waals surface area contributed by atoms with Crippen LogP contribution in [0.25, 0.3) is 0 Å². The Labute approximate surface area is 108 Å². The molecule has 1 aromatic rings. The number of carboxylic acids is 1. The second-order valence-corrected chi connectivity index (χ2v) is 5.76. The lowest BCUT2D eigenvalue weighted by Crippen LogP contribution is -2.26. The Balaban J connectivity index is 2.01. The van der Waals surface area contributed by atoms with E-state index < -0.39 is 5.97 Å². The molecule has 0 atom stereocenters. The highest BCUT2D eigenvalue weighted by Crippen LogP contribution is 2.36. The standard InChI is InChI=1S/C11H13ClO4S/c12-10-8(5-9(17-10)11(14)15)16-7-3-1-6(13)2-4-7/h5-7,13H,1-4H2,(H,14,15). The Morgan fingerprint density at radius 1 is 1.41 bits per heavy atom. The highest BCUT2D eigenvalue weighted by atomic mass is 35.5. The average Bonchev–Trinajstić information content (AvgIpc) is 2.64. The lowest BCUT2D eigenvalue weighted by atomic mass is 9.95. The predicted molar refractivity (Wildman–Crippen MR) is 65.2 cm³/mol. The van der Waals surface area contributed by atoms with Gasteiger partial charge < -0.3 is 14.9 Å². The van der Waals surface area contributed by atoms with Crippen molar-refractivity contribution in [2.45, 2.75) is 37.9 Å². The second-order valence-electron chi connectivity index (χ2n) is 4.10. The van der Waals surface area contributed by atoms with Crippen LogP contribution in [0.1, 0.15) is 35.4 Å². The van der Waals surface area contributed by atoms with Crippen LogP contribution in [0, 0.1) is 0 Å². The fourth-order valence-corrected chi connectivity index (χ4v) is 2.88. The summed E-state index contributed by atoms with van der Waals surface area (Å²) in [6, 6.07) is 1.46. The molecule has 0 unspecified atom stereocenters. The molecule has 1 aliphatic rings. The summed E-state index contributed by atoms with van der Waals surface area (Å²) in [5, 5.41) is 18.2. The summed E-state index contributed by atoms with van der Waals surface area (Å²) in [5.41, 5.74) is 0. The van der Waals surface area contributed by atoms with E-state index in [0.717, 1.165) is 37.0 Å². The van der Waals surface area contributed by atoms with E-state index in [1.807, 2.05) is 0 Å².